The Balaban J connectivity index is 1.40. The quantitative estimate of drug-likeness (QED) is 0.260. The summed E-state index contributed by atoms with van der Waals surface area (Å²) in [5.74, 6) is 0.484. The average molecular weight is 387 g/mol. The molecule has 0 amide bonds. The molecule has 4 aromatic rings. The Morgan fingerprint density at radius 2 is 2.00 bits per heavy atom. The van der Waals surface area contributed by atoms with Crippen LogP contribution in [0.15, 0.2) is 65.8 Å². The van der Waals surface area contributed by atoms with Crippen LogP contribution in [0, 0.1) is 0 Å². The minimum absolute atomic E-state index is 0.0322. The third-order valence-electron chi connectivity index (χ3n) is 4.62. The number of rotatable bonds is 9. The molecule has 146 valence electrons. The van der Waals surface area contributed by atoms with Crippen molar-refractivity contribution < 1.29 is 4.65 Å². The first kappa shape index (κ1) is 18.7. The summed E-state index contributed by atoms with van der Waals surface area (Å²) < 4.78 is 5.03. The molecular weight excluding hydrogens is 365 g/mol. The number of H-pyrrole nitrogens is 1. The number of fused-ring (bicyclic) bond motifs is 1. The average Bonchev–Trinajstić information content (AvgIpc) is 3.38. The molecule has 9 heteroatoms. The molecule has 1 atom stereocenters. The molecule has 2 heterocycles. The van der Waals surface area contributed by atoms with Crippen LogP contribution in [0.2, 0.25) is 0 Å². The van der Waals surface area contributed by atoms with E-state index in [1.165, 1.54) is 17.4 Å². The molecule has 0 saturated heterocycles. The van der Waals surface area contributed by atoms with E-state index in [1.807, 2.05) is 48.7 Å². The lowest BCUT2D eigenvalue weighted by atomic mass is 10.1. The molecule has 0 unspecified atom stereocenters. The summed E-state index contributed by atoms with van der Waals surface area (Å²) >= 11 is 0. The van der Waals surface area contributed by atoms with E-state index in [-0.39, 0.29) is 6.04 Å². The van der Waals surface area contributed by atoms with Crippen LogP contribution >= 0.6 is 0 Å². The van der Waals surface area contributed by atoms with Gasteiger partial charge in [-0.15, -0.1) is 5.10 Å². The zero-order valence-electron chi connectivity index (χ0n) is 16.2. The van der Waals surface area contributed by atoms with Gasteiger partial charge in [-0.3, -0.25) is 4.99 Å². The zero-order valence-corrected chi connectivity index (χ0v) is 16.2. The Morgan fingerprint density at radius 1 is 1.17 bits per heavy atom. The highest BCUT2D eigenvalue weighted by molar-refractivity contribution is 6.02. The highest BCUT2D eigenvalue weighted by Gasteiger charge is 2.13. The van der Waals surface area contributed by atoms with Crippen LogP contribution in [-0.4, -0.2) is 52.2 Å². The van der Waals surface area contributed by atoms with E-state index in [0.717, 1.165) is 17.5 Å². The number of anilines is 1. The number of aromatic amines is 1. The van der Waals surface area contributed by atoms with Crippen LogP contribution in [0.1, 0.15) is 11.1 Å². The first-order valence-electron chi connectivity index (χ1n) is 9.47. The van der Waals surface area contributed by atoms with Crippen LogP contribution in [-0.2, 0) is 17.6 Å². The second kappa shape index (κ2) is 9.05. The summed E-state index contributed by atoms with van der Waals surface area (Å²) in [6, 6.07) is 18.3. The number of aromatic nitrogens is 5. The van der Waals surface area contributed by atoms with Gasteiger partial charge in [-0.1, -0.05) is 53.6 Å². The topological polar surface area (TPSA) is 93.0 Å². The van der Waals surface area contributed by atoms with Gasteiger partial charge in [0.15, 0.2) is 6.40 Å². The van der Waals surface area contributed by atoms with Crippen molar-refractivity contribution in [1.82, 2.24) is 25.2 Å². The summed E-state index contributed by atoms with van der Waals surface area (Å²) in [6.07, 6.45) is 4.27. The lowest BCUT2D eigenvalue weighted by Crippen LogP contribution is -2.21. The van der Waals surface area contributed by atoms with Crippen molar-refractivity contribution in [2.75, 3.05) is 11.9 Å². The number of hydrogen-bond acceptors (Lipinski definition) is 6. The molecule has 0 aliphatic rings. The lowest BCUT2D eigenvalue weighted by Gasteiger charge is -2.12. The fraction of sp³-hybridized carbons (Fsp3) is 0.200. The summed E-state index contributed by atoms with van der Waals surface area (Å²) in [4.78, 5) is 9.39. The maximum atomic E-state index is 5.03. The van der Waals surface area contributed by atoms with Crippen molar-refractivity contribution in [3.63, 3.8) is 0 Å². The highest BCUT2D eigenvalue weighted by Crippen LogP contribution is 2.20. The monoisotopic (exact) mass is 387 g/mol. The molecule has 0 aliphatic heterocycles. The fourth-order valence-corrected chi connectivity index (χ4v) is 3.22. The Kier molecular flexibility index (Phi) is 5.85. The van der Waals surface area contributed by atoms with Gasteiger partial charge in [-0.05, 0) is 28.8 Å². The van der Waals surface area contributed by atoms with Crippen molar-refractivity contribution in [3.8, 4) is 0 Å². The molecule has 8 nitrogen and oxygen atoms in total. The molecule has 0 radical (unpaired) electrons. The first-order chi connectivity index (χ1) is 14.3. The summed E-state index contributed by atoms with van der Waals surface area (Å²) in [7, 11) is 1.59. The van der Waals surface area contributed by atoms with Gasteiger partial charge >= 0.3 is 8.05 Å². The number of hydrogen-bond donors (Lipinski definition) is 2. The molecule has 0 bridgehead atoms. The smallest absolute Gasteiger partial charge is 0.323 e. The molecule has 0 aliphatic carbocycles. The maximum absolute atomic E-state index is 5.03. The third-order valence-corrected chi connectivity index (χ3v) is 4.62. The van der Waals surface area contributed by atoms with E-state index in [9.17, 15) is 0 Å². The highest BCUT2D eigenvalue weighted by atomic mass is 16.4. The van der Waals surface area contributed by atoms with Crippen molar-refractivity contribution in [1.29, 1.82) is 0 Å². The second-order valence-electron chi connectivity index (χ2n) is 6.72. The second-order valence-corrected chi connectivity index (χ2v) is 6.72. The fourth-order valence-electron chi connectivity index (χ4n) is 3.22. The molecule has 0 fully saturated rings. The van der Waals surface area contributed by atoms with Crippen LogP contribution < -0.4 is 5.32 Å². The molecule has 2 aromatic carbocycles. The van der Waals surface area contributed by atoms with Gasteiger partial charge in [0, 0.05) is 23.6 Å². The van der Waals surface area contributed by atoms with Crippen LogP contribution in [0.4, 0.5) is 5.95 Å². The molecule has 2 aromatic heterocycles. The lowest BCUT2D eigenvalue weighted by molar-refractivity contribution is 0.572. The van der Waals surface area contributed by atoms with E-state index in [4.69, 9.17) is 4.65 Å². The van der Waals surface area contributed by atoms with E-state index in [0.29, 0.717) is 19.0 Å². The normalized spacial score (nSPS) is 12.4. The SMILES string of the molecule is BOC=N[C@H](CNc1nnn(Cc2ccccc2)n1)Cc1c[nH]c2ccccc12. The van der Waals surface area contributed by atoms with Crippen molar-refractivity contribution in [2.45, 2.75) is 19.0 Å². The van der Waals surface area contributed by atoms with Crippen molar-refractivity contribution in [3.05, 3.63) is 71.9 Å². The molecule has 0 spiro atoms. The predicted octanol–water partition coefficient (Wildman–Crippen LogP) is 1.82. The van der Waals surface area contributed by atoms with Crippen molar-refractivity contribution >= 4 is 31.3 Å². The number of para-hydroxylation sites is 1. The Bertz CT molecular complexity index is 1080. The van der Waals surface area contributed by atoms with Gasteiger partial charge in [-0.25, -0.2) is 0 Å². The number of nitrogens with zero attached hydrogens (tertiary/aromatic N) is 5. The third kappa shape index (κ3) is 4.81. The van der Waals surface area contributed by atoms with E-state index in [1.54, 1.807) is 12.8 Å². The number of aliphatic imine (C=N–C) groups is 1. The van der Waals surface area contributed by atoms with Gasteiger partial charge in [-0.2, -0.15) is 4.80 Å². The van der Waals surface area contributed by atoms with Gasteiger partial charge in [0.2, 0.25) is 0 Å². The van der Waals surface area contributed by atoms with Crippen LogP contribution in [0.5, 0.6) is 0 Å². The Hall–Kier alpha value is -3.62. The molecule has 4 rings (SSSR count). The number of benzene rings is 2. The van der Waals surface area contributed by atoms with Gasteiger partial charge in [0.25, 0.3) is 5.95 Å². The Morgan fingerprint density at radius 3 is 2.86 bits per heavy atom. The predicted molar refractivity (Wildman–Crippen MR) is 116 cm³/mol. The van der Waals surface area contributed by atoms with Gasteiger partial charge in [0.1, 0.15) is 0 Å². The minimum Gasteiger partial charge on any atom is -0.560 e. The largest absolute Gasteiger partial charge is 0.560 e. The standard InChI is InChI=1S/C20H22BN7O/c21-29-14-24-17(10-16-11-22-19-9-5-4-8-18(16)19)12-23-20-25-27-28(26-20)13-15-6-2-1-3-7-15/h1-9,11,14,17,22H,10,12-13,21H2,(H,23,26)/t17-/m0/s1. The molecule has 29 heavy (non-hydrogen) atoms. The molecule has 0 saturated carbocycles. The minimum atomic E-state index is -0.0322. The van der Waals surface area contributed by atoms with E-state index >= 15 is 0 Å². The van der Waals surface area contributed by atoms with Gasteiger partial charge in [0.05, 0.1) is 12.6 Å². The molecule has 2 N–H and O–H groups in total. The number of nitrogens with one attached hydrogen (secondary N) is 2. The first-order valence-corrected chi connectivity index (χ1v) is 9.47. The zero-order chi connectivity index (χ0) is 19.9. The van der Waals surface area contributed by atoms with E-state index < -0.39 is 0 Å². The van der Waals surface area contributed by atoms with Crippen LogP contribution in [0.25, 0.3) is 10.9 Å². The van der Waals surface area contributed by atoms with Crippen molar-refractivity contribution in [2.24, 2.45) is 4.99 Å². The summed E-state index contributed by atoms with van der Waals surface area (Å²) in [6.45, 7) is 1.15. The van der Waals surface area contributed by atoms with Gasteiger partial charge < -0.3 is 15.0 Å². The Labute approximate surface area is 169 Å². The number of tetrazole rings is 1. The van der Waals surface area contributed by atoms with Crippen LogP contribution in [0.3, 0.4) is 0 Å². The summed E-state index contributed by atoms with van der Waals surface area (Å²) in [5, 5.41) is 17.0. The van der Waals surface area contributed by atoms with E-state index in [2.05, 4.69) is 42.8 Å². The maximum Gasteiger partial charge on any atom is 0.323 e. The summed E-state index contributed by atoms with van der Waals surface area (Å²) in [5.41, 5.74) is 3.45. The molecular formula is C20H22BN7O.